The Bertz CT molecular complexity index is 1420. The molecule has 0 spiro atoms. The molecule has 0 amide bonds. The third-order valence-corrected chi connectivity index (χ3v) is 5.84. The van der Waals surface area contributed by atoms with E-state index in [1.807, 2.05) is 68.2 Å². The fourth-order valence-electron chi connectivity index (χ4n) is 4.15. The molecule has 164 valence electrons. The highest BCUT2D eigenvalue weighted by atomic mass is 16.5. The highest BCUT2D eigenvalue weighted by Crippen LogP contribution is 2.25. The van der Waals surface area contributed by atoms with Gasteiger partial charge in [-0.15, -0.1) is 0 Å². The van der Waals surface area contributed by atoms with Crippen molar-refractivity contribution in [2.24, 2.45) is 0 Å². The average Bonchev–Trinajstić information content (AvgIpc) is 3.28. The average molecular weight is 436 g/mol. The van der Waals surface area contributed by atoms with Crippen LogP contribution < -0.4 is 4.74 Å². The third kappa shape index (κ3) is 4.20. The molecule has 0 aliphatic rings. The van der Waals surface area contributed by atoms with Crippen LogP contribution in [0.4, 0.5) is 0 Å². The van der Waals surface area contributed by atoms with Gasteiger partial charge in [0.25, 0.3) is 0 Å². The van der Waals surface area contributed by atoms with Crippen molar-refractivity contribution in [2.75, 3.05) is 7.11 Å². The van der Waals surface area contributed by atoms with E-state index in [1.165, 1.54) is 5.56 Å². The number of aryl methyl sites for hydroxylation is 4. The molecular weight excluding hydrogens is 410 g/mol. The number of hydrogen-bond donors (Lipinski definition) is 0. The Morgan fingerprint density at radius 2 is 1.67 bits per heavy atom. The second kappa shape index (κ2) is 8.82. The van der Waals surface area contributed by atoms with Gasteiger partial charge >= 0.3 is 0 Å². The molecule has 0 atom stereocenters. The van der Waals surface area contributed by atoms with E-state index in [-0.39, 0.29) is 0 Å². The van der Waals surface area contributed by atoms with Gasteiger partial charge in [-0.2, -0.15) is 0 Å². The van der Waals surface area contributed by atoms with Gasteiger partial charge in [0.05, 0.1) is 30.4 Å². The molecule has 4 heterocycles. The topological polar surface area (TPSA) is 65.2 Å². The maximum absolute atomic E-state index is 5.27. The van der Waals surface area contributed by atoms with Gasteiger partial charge < -0.3 is 4.74 Å². The Kier molecular flexibility index (Phi) is 5.57. The Balaban J connectivity index is 1.38. The van der Waals surface area contributed by atoms with Crippen molar-refractivity contribution in [1.82, 2.24) is 24.3 Å². The van der Waals surface area contributed by atoms with Crippen molar-refractivity contribution in [2.45, 2.75) is 26.7 Å². The number of methoxy groups -OCH3 is 1. The fourth-order valence-corrected chi connectivity index (χ4v) is 4.15. The first-order chi connectivity index (χ1) is 16.1. The number of ether oxygens (including phenoxy) is 1. The zero-order valence-electron chi connectivity index (χ0n) is 19.0. The van der Waals surface area contributed by atoms with Gasteiger partial charge in [-0.25, -0.2) is 4.98 Å². The van der Waals surface area contributed by atoms with E-state index in [1.54, 1.807) is 7.11 Å². The molecule has 6 heteroatoms. The number of hydrogen-bond acceptors (Lipinski definition) is 5. The molecule has 0 saturated heterocycles. The van der Waals surface area contributed by atoms with E-state index in [4.69, 9.17) is 9.72 Å². The molecule has 0 bridgehead atoms. The van der Waals surface area contributed by atoms with Gasteiger partial charge in [0.15, 0.2) is 5.65 Å². The van der Waals surface area contributed by atoms with Crippen LogP contribution in [-0.4, -0.2) is 31.4 Å². The van der Waals surface area contributed by atoms with Gasteiger partial charge in [0.2, 0.25) is 0 Å². The van der Waals surface area contributed by atoms with Crippen molar-refractivity contribution >= 4 is 5.65 Å². The molecular formula is C27H25N5O. The van der Waals surface area contributed by atoms with Gasteiger partial charge in [-0.3, -0.25) is 19.4 Å². The molecule has 0 aliphatic carbocycles. The van der Waals surface area contributed by atoms with Crippen LogP contribution in [0, 0.1) is 13.8 Å². The maximum atomic E-state index is 5.27. The second-order valence-electron chi connectivity index (χ2n) is 8.13. The summed E-state index contributed by atoms with van der Waals surface area (Å²) in [6.07, 6.45) is 11.1. The van der Waals surface area contributed by atoms with Crippen molar-refractivity contribution < 1.29 is 4.74 Å². The van der Waals surface area contributed by atoms with Gasteiger partial charge in [-0.1, -0.05) is 6.07 Å². The van der Waals surface area contributed by atoms with Gasteiger partial charge in [0.1, 0.15) is 5.75 Å². The summed E-state index contributed by atoms with van der Waals surface area (Å²) >= 11 is 0. The van der Waals surface area contributed by atoms with E-state index < -0.39 is 0 Å². The van der Waals surface area contributed by atoms with Crippen LogP contribution >= 0.6 is 0 Å². The minimum absolute atomic E-state index is 0.790. The zero-order chi connectivity index (χ0) is 22.8. The van der Waals surface area contributed by atoms with E-state index in [2.05, 4.69) is 38.4 Å². The zero-order valence-corrected chi connectivity index (χ0v) is 19.0. The summed E-state index contributed by atoms with van der Waals surface area (Å²) in [5, 5.41) is 0. The summed E-state index contributed by atoms with van der Waals surface area (Å²) in [5.41, 5.74) is 9.42. The number of pyridine rings is 2. The third-order valence-electron chi connectivity index (χ3n) is 5.84. The SMILES string of the molecule is COc1ccc(-c2cnc3c(CCc4cnc(-c5ccnc(C)c5)c(C)c4)nccn23)cc1. The normalized spacial score (nSPS) is 11.1. The van der Waals surface area contributed by atoms with Crippen LogP contribution in [0.5, 0.6) is 5.75 Å². The number of benzene rings is 1. The summed E-state index contributed by atoms with van der Waals surface area (Å²) in [6.45, 7) is 4.10. The lowest BCUT2D eigenvalue weighted by Gasteiger charge is -2.09. The van der Waals surface area contributed by atoms with Crippen molar-refractivity contribution in [3.8, 4) is 28.3 Å². The van der Waals surface area contributed by atoms with Crippen molar-refractivity contribution in [3.63, 3.8) is 0 Å². The molecule has 0 aliphatic heterocycles. The van der Waals surface area contributed by atoms with E-state index in [0.717, 1.165) is 63.7 Å². The predicted molar refractivity (Wildman–Crippen MR) is 129 cm³/mol. The highest BCUT2D eigenvalue weighted by molar-refractivity contribution is 5.65. The summed E-state index contributed by atoms with van der Waals surface area (Å²) in [5.74, 6) is 0.837. The molecule has 4 aromatic heterocycles. The van der Waals surface area contributed by atoms with E-state index in [9.17, 15) is 0 Å². The number of nitrogens with zero attached hydrogens (tertiary/aromatic N) is 5. The van der Waals surface area contributed by atoms with Crippen molar-refractivity contribution in [3.05, 3.63) is 96.0 Å². The lowest BCUT2D eigenvalue weighted by Crippen LogP contribution is -2.01. The van der Waals surface area contributed by atoms with Crippen LogP contribution in [0.25, 0.3) is 28.2 Å². The molecule has 1 aromatic carbocycles. The standard InChI is InChI=1S/C27H25N5O/c1-18-14-20(16-30-26(18)22-10-11-28-19(2)15-22)4-9-24-27-31-17-25(32(27)13-12-29-24)21-5-7-23(33-3)8-6-21/h5-8,10-17H,4,9H2,1-3H3. The van der Waals surface area contributed by atoms with Crippen LogP contribution in [0.2, 0.25) is 0 Å². The lowest BCUT2D eigenvalue weighted by atomic mass is 10.0. The number of rotatable bonds is 6. The molecule has 0 N–H and O–H groups in total. The minimum atomic E-state index is 0.790. The maximum Gasteiger partial charge on any atom is 0.159 e. The molecule has 0 saturated carbocycles. The Morgan fingerprint density at radius 3 is 2.42 bits per heavy atom. The Morgan fingerprint density at radius 1 is 0.818 bits per heavy atom. The largest absolute Gasteiger partial charge is 0.497 e. The number of imidazole rings is 1. The molecule has 6 nitrogen and oxygen atoms in total. The molecule has 5 rings (SSSR count). The first kappa shape index (κ1) is 20.8. The molecule has 0 unspecified atom stereocenters. The van der Waals surface area contributed by atoms with Gasteiger partial charge in [0, 0.05) is 41.6 Å². The van der Waals surface area contributed by atoms with E-state index >= 15 is 0 Å². The summed E-state index contributed by atoms with van der Waals surface area (Å²) in [6, 6.07) is 14.3. The number of aromatic nitrogens is 5. The van der Waals surface area contributed by atoms with Crippen molar-refractivity contribution in [1.29, 1.82) is 0 Å². The number of fused-ring (bicyclic) bond motifs is 1. The summed E-state index contributed by atoms with van der Waals surface area (Å²) < 4.78 is 7.37. The molecule has 0 fully saturated rings. The van der Waals surface area contributed by atoms with E-state index in [0.29, 0.717) is 0 Å². The molecule has 5 aromatic rings. The summed E-state index contributed by atoms with van der Waals surface area (Å²) in [4.78, 5) is 18.3. The first-order valence-corrected chi connectivity index (χ1v) is 11.0. The fraction of sp³-hybridized carbons (Fsp3) is 0.185. The minimum Gasteiger partial charge on any atom is -0.497 e. The molecule has 33 heavy (non-hydrogen) atoms. The smallest absolute Gasteiger partial charge is 0.159 e. The van der Waals surface area contributed by atoms with Crippen LogP contribution in [0.15, 0.2) is 73.4 Å². The Hall–Kier alpha value is -4.06. The Labute approximate surface area is 193 Å². The highest BCUT2D eigenvalue weighted by Gasteiger charge is 2.12. The monoisotopic (exact) mass is 435 g/mol. The quantitative estimate of drug-likeness (QED) is 0.364. The van der Waals surface area contributed by atoms with Crippen LogP contribution in [-0.2, 0) is 12.8 Å². The van der Waals surface area contributed by atoms with Crippen LogP contribution in [0.1, 0.15) is 22.5 Å². The van der Waals surface area contributed by atoms with Gasteiger partial charge in [-0.05, 0) is 74.2 Å². The van der Waals surface area contributed by atoms with Crippen LogP contribution in [0.3, 0.4) is 0 Å². The first-order valence-electron chi connectivity index (χ1n) is 11.0. The predicted octanol–water partition coefficient (Wildman–Crippen LogP) is 5.26. The summed E-state index contributed by atoms with van der Waals surface area (Å²) in [7, 11) is 1.67. The second-order valence-corrected chi connectivity index (χ2v) is 8.13. The lowest BCUT2D eigenvalue weighted by molar-refractivity contribution is 0.415. The molecule has 0 radical (unpaired) electrons.